The number of piperidine rings is 2. The summed E-state index contributed by atoms with van der Waals surface area (Å²) in [6.07, 6.45) is -2.69. The summed E-state index contributed by atoms with van der Waals surface area (Å²) in [6, 6.07) is 3.78. The molecule has 3 rings (SSSR count). The van der Waals surface area contributed by atoms with Crippen molar-refractivity contribution in [2.24, 2.45) is 17.8 Å². The largest absolute Gasteiger partial charge is 0.416 e. The molecule has 0 aliphatic carbocycles. The second-order valence-electron chi connectivity index (χ2n) is 9.20. The predicted molar refractivity (Wildman–Crippen MR) is 115 cm³/mol. The van der Waals surface area contributed by atoms with Crippen LogP contribution in [-0.4, -0.2) is 62.8 Å². The Morgan fingerprint density at radius 2 is 1.75 bits per heavy atom. The van der Waals surface area contributed by atoms with E-state index in [1.807, 2.05) is 0 Å². The van der Waals surface area contributed by atoms with Crippen LogP contribution < -0.4 is 5.32 Å². The number of benzene rings is 1. The average molecular weight is 476 g/mol. The molecule has 180 valence electrons. The molecule has 6 nitrogen and oxygen atoms in total. The van der Waals surface area contributed by atoms with Gasteiger partial charge in [-0.25, -0.2) is 8.42 Å². The maximum atomic E-state index is 12.9. The van der Waals surface area contributed by atoms with Gasteiger partial charge in [0.2, 0.25) is 15.9 Å². The molecule has 0 saturated carbocycles. The summed E-state index contributed by atoms with van der Waals surface area (Å²) in [6.45, 7) is 8.11. The topological polar surface area (TPSA) is 69.7 Å². The molecule has 1 amide bonds. The highest BCUT2D eigenvalue weighted by Gasteiger charge is 2.35. The Bertz CT molecular complexity index is 889. The Kier molecular flexibility index (Phi) is 7.88. The van der Waals surface area contributed by atoms with Crippen LogP contribution in [0.15, 0.2) is 29.2 Å². The van der Waals surface area contributed by atoms with Crippen LogP contribution in [0.3, 0.4) is 0 Å². The van der Waals surface area contributed by atoms with Crippen molar-refractivity contribution in [1.82, 2.24) is 14.5 Å². The van der Waals surface area contributed by atoms with E-state index in [-0.39, 0.29) is 29.8 Å². The lowest BCUT2D eigenvalue weighted by atomic mass is 9.92. The van der Waals surface area contributed by atoms with Crippen molar-refractivity contribution >= 4 is 15.9 Å². The van der Waals surface area contributed by atoms with Crippen molar-refractivity contribution < 1.29 is 26.4 Å². The van der Waals surface area contributed by atoms with Crippen molar-refractivity contribution in [3.8, 4) is 0 Å². The van der Waals surface area contributed by atoms with Crippen LogP contribution in [0.4, 0.5) is 13.2 Å². The summed E-state index contributed by atoms with van der Waals surface area (Å²) in [5, 5.41) is 2.97. The summed E-state index contributed by atoms with van der Waals surface area (Å²) in [4.78, 5) is 14.5. The van der Waals surface area contributed by atoms with Crippen LogP contribution in [0.2, 0.25) is 0 Å². The number of nitrogens with one attached hydrogen (secondary N) is 1. The lowest BCUT2D eigenvalue weighted by molar-refractivity contribution is -0.137. The van der Waals surface area contributed by atoms with Gasteiger partial charge < -0.3 is 10.2 Å². The molecule has 2 aliphatic heterocycles. The smallest absolute Gasteiger partial charge is 0.355 e. The summed E-state index contributed by atoms with van der Waals surface area (Å²) in [5.41, 5.74) is -0.995. The maximum Gasteiger partial charge on any atom is 0.416 e. The van der Waals surface area contributed by atoms with Crippen molar-refractivity contribution in [1.29, 1.82) is 0 Å². The van der Waals surface area contributed by atoms with Gasteiger partial charge in [-0.05, 0) is 49.3 Å². The van der Waals surface area contributed by atoms with Gasteiger partial charge in [-0.15, -0.1) is 0 Å². The van der Waals surface area contributed by atoms with E-state index in [0.717, 1.165) is 31.8 Å². The second kappa shape index (κ2) is 10.1. The molecule has 0 aromatic heterocycles. The molecule has 0 bridgehead atoms. The molecule has 2 aliphatic rings. The highest BCUT2D eigenvalue weighted by atomic mass is 32.2. The van der Waals surface area contributed by atoms with E-state index in [0.29, 0.717) is 37.3 Å². The van der Waals surface area contributed by atoms with Crippen molar-refractivity contribution in [3.05, 3.63) is 29.8 Å². The molecule has 1 aromatic rings. The number of amides is 1. The second-order valence-corrected chi connectivity index (χ2v) is 11.1. The Morgan fingerprint density at radius 3 is 2.34 bits per heavy atom. The number of carbonyl (C=O) groups is 1. The molecule has 2 saturated heterocycles. The zero-order valence-electron chi connectivity index (χ0n) is 18.6. The minimum Gasteiger partial charge on any atom is -0.355 e. The Balaban J connectivity index is 1.49. The van der Waals surface area contributed by atoms with Crippen LogP contribution in [0.1, 0.15) is 38.7 Å². The van der Waals surface area contributed by atoms with Gasteiger partial charge in [-0.3, -0.25) is 4.79 Å². The first-order chi connectivity index (χ1) is 15.0. The molecule has 0 spiro atoms. The van der Waals surface area contributed by atoms with Crippen LogP contribution in [0.5, 0.6) is 0 Å². The van der Waals surface area contributed by atoms with E-state index in [2.05, 4.69) is 24.1 Å². The van der Waals surface area contributed by atoms with Crippen LogP contribution >= 0.6 is 0 Å². The quantitative estimate of drug-likeness (QED) is 0.686. The summed E-state index contributed by atoms with van der Waals surface area (Å²) >= 11 is 0. The molecular formula is C22H32F3N3O3S. The van der Waals surface area contributed by atoms with Crippen molar-refractivity contribution in [2.75, 3.05) is 39.3 Å². The Labute approximate surface area is 188 Å². The molecule has 2 unspecified atom stereocenters. The first-order valence-electron chi connectivity index (χ1n) is 11.1. The van der Waals surface area contributed by atoms with Crippen LogP contribution in [0, 0.1) is 17.8 Å². The lowest BCUT2D eigenvalue weighted by Gasteiger charge is -2.35. The van der Waals surface area contributed by atoms with Crippen molar-refractivity contribution in [3.63, 3.8) is 0 Å². The number of alkyl halides is 3. The van der Waals surface area contributed by atoms with E-state index in [1.165, 1.54) is 16.8 Å². The fourth-order valence-corrected chi connectivity index (χ4v) is 6.31. The van der Waals surface area contributed by atoms with Gasteiger partial charge in [0, 0.05) is 45.2 Å². The monoisotopic (exact) mass is 475 g/mol. The molecule has 2 atom stereocenters. The number of rotatable bonds is 6. The summed E-state index contributed by atoms with van der Waals surface area (Å²) in [7, 11) is -4.04. The summed E-state index contributed by atoms with van der Waals surface area (Å²) in [5.74, 6) is 0.927. The van der Waals surface area contributed by atoms with Gasteiger partial charge >= 0.3 is 6.18 Å². The van der Waals surface area contributed by atoms with Gasteiger partial charge in [0.15, 0.2) is 0 Å². The first-order valence-corrected chi connectivity index (χ1v) is 12.6. The Morgan fingerprint density at radius 1 is 1.12 bits per heavy atom. The van der Waals surface area contributed by atoms with E-state index in [9.17, 15) is 26.4 Å². The molecule has 0 radical (unpaired) electrons. The van der Waals surface area contributed by atoms with E-state index in [1.54, 1.807) is 0 Å². The number of carbonyl (C=O) groups excluding carboxylic acids is 1. The number of likely N-dealkylation sites (tertiary alicyclic amines) is 1. The van der Waals surface area contributed by atoms with Gasteiger partial charge in [-0.1, -0.05) is 19.9 Å². The number of halogens is 3. The SMILES string of the molecule is CC1CC(C)CN(CCNC(=O)C2CCN(S(=O)(=O)c3cccc(C(F)(F)F)c3)CC2)C1. The molecule has 2 heterocycles. The third-order valence-electron chi connectivity index (χ3n) is 6.30. The molecule has 2 fully saturated rings. The minimum absolute atomic E-state index is 0.0841. The number of nitrogens with zero attached hydrogens (tertiary/aromatic N) is 2. The predicted octanol–water partition coefficient (Wildman–Crippen LogP) is 3.20. The summed E-state index contributed by atoms with van der Waals surface area (Å²) < 4.78 is 65.6. The van der Waals surface area contributed by atoms with Crippen LogP contribution in [-0.2, 0) is 21.0 Å². The van der Waals surface area contributed by atoms with Gasteiger partial charge in [0.25, 0.3) is 0 Å². The highest BCUT2D eigenvalue weighted by Crippen LogP contribution is 2.32. The third kappa shape index (κ3) is 6.23. The zero-order valence-corrected chi connectivity index (χ0v) is 19.4. The fraction of sp³-hybridized carbons (Fsp3) is 0.682. The van der Waals surface area contributed by atoms with E-state index in [4.69, 9.17) is 0 Å². The van der Waals surface area contributed by atoms with E-state index < -0.39 is 21.8 Å². The van der Waals surface area contributed by atoms with Crippen LogP contribution in [0.25, 0.3) is 0 Å². The average Bonchev–Trinajstić information content (AvgIpc) is 2.72. The van der Waals surface area contributed by atoms with Gasteiger partial charge in [0.1, 0.15) is 0 Å². The minimum atomic E-state index is -4.61. The normalized spacial score (nSPS) is 24.4. The third-order valence-corrected chi connectivity index (χ3v) is 8.19. The molecule has 32 heavy (non-hydrogen) atoms. The zero-order chi connectivity index (χ0) is 23.5. The molecule has 10 heteroatoms. The van der Waals surface area contributed by atoms with Crippen molar-refractivity contribution in [2.45, 2.75) is 44.2 Å². The standard InChI is InChI=1S/C22H32F3N3O3S/c1-16-12-17(2)15-27(14-16)11-8-26-21(29)18-6-9-28(10-7-18)32(30,31)20-5-3-4-19(13-20)22(23,24)25/h3-5,13,16-18H,6-12,14-15H2,1-2H3,(H,26,29). The molecule has 1 N–H and O–H groups in total. The molecular weight excluding hydrogens is 443 g/mol. The fourth-order valence-electron chi connectivity index (χ4n) is 4.80. The van der Waals surface area contributed by atoms with Gasteiger partial charge in [0.05, 0.1) is 10.5 Å². The van der Waals surface area contributed by atoms with Gasteiger partial charge in [-0.2, -0.15) is 17.5 Å². The maximum absolute atomic E-state index is 12.9. The van der Waals surface area contributed by atoms with E-state index >= 15 is 0 Å². The Hall–Kier alpha value is -1.65. The number of hydrogen-bond acceptors (Lipinski definition) is 4. The number of sulfonamides is 1. The highest BCUT2D eigenvalue weighted by molar-refractivity contribution is 7.89. The molecule has 1 aromatic carbocycles. The lowest BCUT2D eigenvalue weighted by Crippen LogP contribution is -2.46. The number of hydrogen-bond donors (Lipinski definition) is 1. The first kappa shape index (κ1) is 25.0.